The summed E-state index contributed by atoms with van der Waals surface area (Å²) in [5.41, 5.74) is -0.153. The fourth-order valence-corrected chi connectivity index (χ4v) is 1.54. The molecule has 82 valence electrons. The van der Waals surface area contributed by atoms with Gasteiger partial charge in [-0.1, -0.05) is 21.1 Å². The Kier molecular flexibility index (Phi) is 2.69. The van der Waals surface area contributed by atoms with Crippen LogP contribution in [0.2, 0.25) is 0 Å². The van der Waals surface area contributed by atoms with Crippen LogP contribution in [0.15, 0.2) is 28.9 Å². The van der Waals surface area contributed by atoms with Crippen molar-refractivity contribution in [3.05, 3.63) is 40.4 Å². The number of hydrogen-bond donors (Lipinski definition) is 1. The zero-order valence-corrected chi connectivity index (χ0v) is 9.35. The Hall–Kier alpha value is -1.76. The van der Waals surface area contributed by atoms with Crippen molar-refractivity contribution in [2.24, 2.45) is 0 Å². The topological polar surface area (TPSA) is 68.0 Å². The molecule has 2 aromatic rings. The summed E-state index contributed by atoms with van der Waals surface area (Å²) in [5, 5.41) is 15.8. The van der Waals surface area contributed by atoms with Crippen molar-refractivity contribution >= 4 is 21.9 Å². The molecule has 0 saturated carbocycles. The number of benzene rings is 1. The third kappa shape index (κ3) is 1.81. The summed E-state index contributed by atoms with van der Waals surface area (Å²) in [6.45, 7) is 0. The Morgan fingerprint density at radius 3 is 2.88 bits per heavy atom. The van der Waals surface area contributed by atoms with E-state index in [-0.39, 0.29) is 11.4 Å². The van der Waals surface area contributed by atoms with Gasteiger partial charge in [0.25, 0.3) is 0 Å². The molecule has 5 nitrogen and oxygen atoms in total. The predicted octanol–water partition coefficient (Wildman–Crippen LogP) is 1.87. The number of carbonyl (C=O) groups is 1. The van der Waals surface area contributed by atoms with Crippen LogP contribution < -0.4 is 0 Å². The van der Waals surface area contributed by atoms with Gasteiger partial charge in [-0.2, -0.15) is 0 Å². The van der Waals surface area contributed by atoms with Crippen molar-refractivity contribution in [2.75, 3.05) is 0 Å². The van der Waals surface area contributed by atoms with Gasteiger partial charge in [-0.25, -0.2) is 13.9 Å². The van der Waals surface area contributed by atoms with Gasteiger partial charge in [0.1, 0.15) is 11.5 Å². The van der Waals surface area contributed by atoms with Gasteiger partial charge < -0.3 is 5.11 Å². The standard InChI is InChI=1S/C9H5BrFN3O2/c10-5-1-2-7(6(11)3-5)14-8(9(15)16)4-12-13-14/h1-4H,(H,15,16). The van der Waals surface area contributed by atoms with Crippen molar-refractivity contribution in [3.63, 3.8) is 0 Å². The van der Waals surface area contributed by atoms with Crippen LogP contribution in [0.4, 0.5) is 4.39 Å². The summed E-state index contributed by atoms with van der Waals surface area (Å²) in [5.74, 6) is -1.80. The number of nitrogens with zero attached hydrogens (tertiary/aromatic N) is 3. The number of halogens is 2. The van der Waals surface area contributed by atoms with Crippen LogP contribution in [0.1, 0.15) is 10.5 Å². The molecule has 2 rings (SSSR count). The second kappa shape index (κ2) is 4.01. The molecule has 0 saturated heterocycles. The molecule has 0 aliphatic carbocycles. The average molecular weight is 286 g/mol. The van der Waals surface area contributed by atoms with Gasteiger partial charge in [-0.3, -0.25) is 0 Å². The lowest BCUT2D eigenvalue weighted by Crippen LogP contribution is -2.09. The second-order valence-electron chi connectivity index (χ2n) is 2.93. The highest BCUT2D eigenvalue weighted by Crippen LogP contribution is 2.19. The molecule has 0 aliphatic heterocycles. The van der Waals surface area contributed by atoms with Gasteiger partial charge in [-0.15, -0.1) is 5.10 Å². The minimum Gasteiger partial charge on any atom is -0.476 e. The molecule has 1 N–H and O–H groups in total. The van der Waals surface area contributed by atoms with Crippen molar-refractivity contribution in [2.45, 2.75) is 0 Å². The van der Waals surface area contributed by atoms with Crippen LogP contribution >= 0.6 is 15.9 Å². The first-order valence-electron chi connectivity index (χ1n) is 4.19. The number of rotatable bonds is 2. The molecular weight excluding hydrogens is 281 g/mol. The van der Waals surface area contributed by atoms with Crippen molar-refractivity contribution in [1.82, 2.24) is 15.0 Å². The summed E-state index contributed by atoms with van der Waals surface area (Å²) in [7, 11) is 0. The number of aromatic carboxylic acids is 1. The molecule has 0 radical (unpaired) electrons. The van der Waals surface area contributed by atoms with Crippen molar-refractivity contribution < 1.29 is 14.3 Å². The monoisotopic (exact) mass is 285 g/mol. The maximum Gasteiger partial charge on any atom is 0.356 e. The molecule has 0 aliphatic rings. The average Bonchev–Trinajstić information content (AvgIpc) is 2.66. The summed E-state index contributed by atoms with van der Waals surface area (Å²) >= 11 is 3.11. The largest absolute Gasteiger partial charge is 0.476 e. The normalized spacial score (nSPS) is 10.4. The summed E-state index contributed by atoms with van der Waals surface area (Å²) < 4.78 is 15.0. The van der Waals surface area contributed by atoms with Crippen LogP contribution in [0.25, 0.3) is 5.69 Å². The Bertz CT molecular complexity index is 555. The third-order valence-corrected chi connectivity index (χ3v) is 2.40. The Morgan fingerprint density at radius 2 is 2.25 bits per heavy atom. The number of aromatic nitrogens is 3. The Balaban J connectivity index is 2.59. The lowest BCUT2D eigenvalue weighted by molar-refractivity contribution is 0.0687. The van der Waals surface area contributed by atoms with E-state index < -0.39 is 11.8 Å². The smallest absolute Gasteiger partial charge is 0.356 e. The molecule has 1 aromatic heterocycles. The molecule has 7 heteroatoms. The zero-order chi connectivity index (χ0) is 11.7. The molecule has 0 bridgehead atoms. The minimum absolute atomic E-state index is 0.0399. The van der Waals surface area contributed by atoms with Crippen LogP contribution in [-0.4, -0.2) is 26.1 Å². The Morgan fingerprint density at radius 1 is 1.50 bits per heavy atom. The molecule has 0 spiro atoms. The van der Waals surface area contributed by atoms with E-state index in [0.29, 0.717) is 4.47 Å². The number of carboxylic acid groups (broad SMARTS) is 1. The summed E-state index contributed by atoms with van der Waals surface area (Å²) in [6.07, 6.45) is 1.06. The van der Waals surface area contributed by atoms with Crippen LogP contribution in [-0.2, 0) is 0 Å². The summed E-state index contributed by atoms with van der Waals surface area (Å²) in [4.78, 5) is 10.8. The highest BCUT2D eigenvalue weighted by atomic mass is 79.9. The van der Waals surface area contributed by atoms with Crippen LogP contribution in [0.3, 0.4) is 0 Å². The second-order valence-corrected chi connectivity index (χ2v) is 3.85. The highest BCUT2D eigenvalue weighted by molar-refractivity contribution is 9.10. The molecule has 0 fully saturated rings. The van der Waals surface area contributed by atoms with Gasteiger partial charge in [0.15, 0.2) is 5.69 Å². The van der Waals surface area contributed by atoms with E-state index in [1.165, 1.54) is 12.1 Å². The minimum atomic E-state index is -1.22. The van der Waals surface area contributed by atoms with Gasteiger partial charge in [-0.05, 0) is 18.2 Å². The van der Waals surface area contributed by atoms with E-state index in [1.54, 1.807) is 6.07 Å². The molecule has 16 heavy (non-hydrogen) atoms. The molecular formula is C9H5BrFN3O2. The SMILES string of the molecule is O=C(O)c1cnnn1-c1ccc(Br)cc1F. The van der Waals surface area contributed by atoms with Crippen molar-refractivity contribution in [3.8, 4) is 5.69 Å². The Labute approximate surface area is 97.6 Å². The molecule has 1 aromatic carbocycles. The summed E-state index contributed by atoms with van der Waals surface area (Å²) in [6, 6.07) is 4.23. The van der Waals surface area contributed by atoms with E-state index in [9.17, 15) is 9.18 Å². The van der Waals surface area contributed by atoms with E-state index >= 15 is 0 Å². The van der Waals surface area contributed by atoms with Crippen LogP contribution in [0, 0.1) is 5.82 Å². The maximum absolute atomic E-state index is 13.5. The molecule has 1 heterocycles. The van der Waals surface area contributed by atoms with Crippen LogP contribution in [0.5, 0.6) is 0 Å². The van der Waals surface area contributed by atoms with E-state index in [1.807, 2.05) is 0 Å². The van der Waals surface area contributed by atoms with Gasteiger partial charge in [0.05, 0.1) is 6.20 Å². The van der Waals surface area contributed by atoms with Crippen molar-refractivity contribution in [1.29, 1.82) is 0 Å². The zero-order valence-electron chi connectivity index (χ0n) is 7.76. The fraction of sp³-hybridized carbons (Fsp3) is 0. The predicted molar refractivity (Wildman–Crippen MR) is 56.0 cm³/mol. The number of hydrogen-bond acceptors (Lipinski definition) is 3. The van der Waals surface area contributed by atoms with Gasteiger partial charge >= 0.3 is 5.97 Å². The first-order chi connectivity index (χ1) is 7.59. The molecule has 0 amide bonds. The lowest BCUT2D eigenvalue weighted by atomic mass is 10.3. The highest BCUT2D eigenvalue weighted by Gasteiger charge is 2.15. The van der Waals surface area contributed by atoms with Gasteiger partial charge in [0, 0.05) is 4.47 Å². The fourth-order valence-electron chi connectivity index (χ4n) is 1.21. The quantitative estimate of drug-likeness (QED) is 0.915. The maximum atomic E-state index is 13.5. The molecule has 0 unspecified atom stereocenters. The lowest BCUT2D eigenvalue weighted by Gasteiger charge is -2.04. The van der Waals surface area contributed by atoms with E-state index in [2.05, 4.69) is 26.2 Å². The third-order valence-electron chi connectivity index (χ3n) is 1.91. The molecule has 0 atom stereocenters. The number of carboxylic acids is 1. The van der Waals surface area contributed by atoms with E-state index in [4.69, 9.17) is 5.11 Å². The van der Waals surface area contributed by atoms with E-state index in [0.717, 1.165) is 10.9 Å². The van der Waals surface area contributed by atoms with Gasteiger partial charge in [0.2, 0.25) is 0 Å². The first-order valence-corrected chi connectivity index (χ1v) is 4.98. The first kappa shape index (κ1) is 10.7.